The fraction of sp³-hybridized carbons (Fsp3) is 0.200. The molecule has 2 N–H and O–H groups in total. The molecule has 0 radical (unpaired) electrons. The van der Waals surface area contributed by atoms with Crippen molar-refractivity contribution < 1.29 is 8.78 Å². The van der Waals surface area contributed by atoms with E-state index in [0.717, 1.165) is 18.1 Å². The predicted octanol–water partition coefficient (Wildman–Crippen LogP) is 3.68. The number of hydrogen-bond donors (Lipinski definition) is 1. The summed E-state index contributed by atoms with van der Waals surface area (Å²) in [5, 5.41) is 0.169. The summed E-state index contributed by atoms with van der Waals surface area (Å²) >= 11 is 1.51. The first-order valence-electron chi connectivity index (χ1n) is 6.10. The van der Waals surface area contributed by atoms with E-state index in [-0.39, 0.29) is 11.3 Å². The van der Waals surface area contributed by atoms with E-state index in [1.165, 1.54) is 23.4 Å². The van der Waals surface area contributed by atoms with Gasteiger partial charge in [0.2, 0.25) is 0 Å². The van der Waals surface area contributed by atoms with Crippen molar-refractivity contribution >= 4 is 11.8 Å². The van der Waals surface area contributed by atoms with Crippen molar-refractivity contribution in [3.8, 4) is 0 Å². The smallest absolute Gasteiger partial charge is 0.159 e. The van der Waals surface area contributed by atoms with Gasteiger partial charge in [0.05, 0.1) is 0 Å². The number of thioether (sulfide) groups is 1. The first-order chi connectivity index (χ1) is 9.15. The van der Waals surface area contributed by atoms with Gasteiger partial charge in [-0.15, -0.1) is 11.8 Å². The van der Waals surface area contributed by atoms with Crippen molar-refractivity contribution in [1.82, 2.24) is 0 Å². The van der Waals surface area contributed by atoms with Gasteiger partial charge >= 0.3 is 0 Å². The van der Waals surface area contributed by atoms with E-state index in [1.807, 2.05) is 18.2 Å². The lowest BCUT2D eigenvalue weighted by molar-refractivity contribution is 0.506. The standard InChI is InChI=1S/C15H13F2NS/c16-12-6-5-10(8-13(12)17)19-14-7-9-3-1-2-4-11(9)15(14)18/h1-6,8,14-15H,7,18H2. The van der Waals surface area contributed by atoms with E-state index in [4.69, 9.17) is 5.73 Å². The van der Waals surface area contributed by atoms with Crippen molar-refractivity contribution in [1.29, 1.82) is 0 Å². The summed E-state index contributed by atoms with van der Waals surface area (Å²) in [4.78, 5) is 0.715. The fourth-order valence-electron chi connectivity index (χ4n) is 2.43. The van der Waals surface area contributed by atoms with Crippen LogP contribution in [0.25, 0.3) is 0 Å². The summed E-state index contributed by atoms with van der Waals surface area (Å²) in [6, 6.07) is 12.0. The Morgan fingerprint density at radius 1 is 1.05 bits per heavy atom. The van der Waals surface area contributed by atoms with Crippen molar-refractivity contribution in [2.45, 2.75) is 22.6 Å². The summed E-state index contributed by atoms with van der Waals surface area (Å²) in [7, 11) is 0. The molecule has 2 atom stereocenters. The number of rotatable bonds is 2. The normalized spacial score (nSPS) is 21.4. The van der Waals surface area contributed by atoms with Crippen molar-refractivity contribution in [3.63, 3.8) is 0 Å². The van der Waals surface area contributed by atoms with Crippen LogP contribution in [0.1, 0.15) is 17.2 Å². The Morgan fingerprint density at radius 3 is 2.58 bits per heavy atom. The Kier molecular flexibility index (Phi) is 3.29. The molecule has 0 aliphatic heterocycles. The second-order valence-corrected chi connectivity index (χ2v) is 5.97. The zero-order valence-corrected chi connectivity index (χ0v) is 11.0. The zero-order chi connectivity index (χ0) is 13.4. The van der Waals surface area contributed by atoms with Gasteiger partial charge in [0.15, 0.2) is 11.6 Å². The number of fused-ring (bicyclic) bond motifs is 1. The molecule has 0 bridgehead atoms. The minimum atomic E-state index is -0.816. The van der Waals surface area contributed by atoms with Crippen molar-refractivity contribution in [2.24, 2.45) is 5.73 Å². The van der Waals surface area contributed by atoms with Gasteiger partial charge in [-0.05, 0) is 35.7 Å². The lowest BCUT2D eigenvalue weighted by Crippen LogP contribution is -2.18. The summed E-state index contributed by atoms with van der Waals surface area (Å²) in [5.74, 6) is -1.63. The molecule has 0 amide bonds. The molecule has 2 aromatic rings. The minimum Gasteiger partial charge on any atom is -0.323 e. The second-order valence-electron chi connectivity index (χ2n) is 4.66. The maximum atomic E-state index is 13.2. The Balaban J connectivity index is 1.80. The quantitative estimate of drug-likeness (QED) is 0.906. The topological polar surface area (TPSA) is 26.0 Å². The summed E-state index contributed by atoms with van der Waals surface area (Å²) in [6.07, 6.45) is 0.862. The Labute approximate surface area is 114 Å². The van der Waals surface area contributed by atoms with E-state index in [1.54, 1.807) is 6.07 Å². The highest BCUT2D eigenvalue weighted by atomic mass is 32.2. The van der Waals surface area contributed by atoms with E-state index in [2.05, 4.69) is 6.07 Å². The third kappa shape index (κ3) is 2.38. The molecule has 4 heteroatoms. The Morgan fingerprint density at radius 2 is 1.84 bits per heavy atom. The molecule has 3 rings (SSSR count). The molecule has 1 nitrogen and oxygen atoms in total. The molecular formula is C15H13F2NS. The SMILES string of the molecule is NC1c2ccccc2CC1Sc1ccc(F)c(F)c1. The van der Waals surface area contributed by atoms with Crippen LogP contribution in [0.3, 0.4) is 0 Å². The van der Waals surface area contributed by atoms with Crippen LogP contribution in [0, 0.1) is 11.6 Å². The summed E-state index contributed by atoms with van der Waals surface area (Å²) in [5.41, 5.74) is 8.62. The van der Waals surface area contributed by atoms with Crippen LogP contribution in [-0.2, 0) is 6.42 Å². The van der Waals surface area contributed by atoms with Crippen molar-refractivity contribution in [3.05, 3.63) is 65.2 Å². The van der Waals surface area contributed by atoms with Gasteiger partial charge in [-0.2, -0.15) is 0 Å². The molecular weight excluding hydrogens is 264 g/mol. The number of hydrogen-bond acceptors (Lipinski definition) is 2. The molecule has 0 fully saturated rings. The minimum absolute atomic E-state index is 0.0608. The van der Waals surface area contributed by atoms with Crippen LogP contribution >= 0.6 is 11.8 Å². The summed E-state index contributed by atoms with van der Waals surface area (Å²) < 4.78 is 26.1. The number of benzene rings is 2. The van der Waals surface area contributed by atoms with Crippen LogP contribution < -0.4 is 5.73 Å². The molecule has 0 saturated heterocycles. The van der Waals surface area contributed by atoms with Crippen LogP contribution in [0.4, 0.5) is 8.78 Å². The molecule has 19 heavy (non-hydrogen) atoms. The highest BCUT2D eigenvalue weighted by Crippen LogP contribution is 2.40. The lowest BCUT2D eigenvalue weighted by atomic mass is 10.1. The molecule has 0 saturated carbocycles. The number of nitrogens with two attached hydrogens (primary N) is 1. The highest BCUT2D eigenvalue weighted by molar-refractivity contribution is 8.00. The Bertz CT molecular complexity index is 615. The van der Waals surface area contributed by atoms with Gasteiger partial charge in [-0.3, -0.25) is 0 Å². The van der Waals surface area contributed by atoms with Crippen LogP contribution in [0.5, 0.6) is 0 Å². The van der Waals surface area contributed by atoms with Gasteiger partial charge in [-0.25, -0.2) is 8.78 Å². The molecule has 2 aromatic carbocycles. The van der Waals surface area contributed by atoms with E-state index in [0.29, 0.717) is 4.90 Å². The second kappa shape index (κ2) is 4.94. The number of halogens is 2. The van der Waals surface area contributed by atoms with Crippen LogP contribution in [0.2, 0.25) is 0 Å². The molecule has 98 valence electrons. The van der Waals surface area contributed by atoms with E-state index >= 15 is 0 Å². The third-order valence-electron chi connectivity index (χ3n) is 3.41. The van der Waals surface area contributed by atoms with Gasteiger partial charge in [-0.1, -0.05) is 24.3 Å². The maximum Gasteiger partial charge on any atom is 0.159 e. The molecule has 1 aliphatic rings. The van der Waals surface area contributed by atoms with Gasteiger partial charge in [0, 0.05) is 16.2 Å². The van der Waals surface area contributed by atoms with Crippen LogP contribution in [0.15, 0.2) is 47.4 Å². The summed E-state index contributed by atoms with van der Waals surface area (Å²) in [6.45, 7) is 0. The molecule has 1 aliphatic carbocycles. The maximum absolute atomic E-state index is 13.2. The molecule has 0 heterocycles. The van der Waals surface area contributed by atoms with Crippen molar-refractivity contribution in [2.75, 3.05) is 0 Å². The fourth-order valence-corrected chi connectivity index (χ4v) is 3.65. The van der Waals surface area contributed by atoms with Crippen LogP contribution in [-0.4, -0.2) is 5.25 Å². The van der Waals surface area contributed by atoms with Gasteiger partial charge in [0.25, 0.3) is 0 Å². The van der Waals surface area contributed by atoms with E-state index in [9.17, 15) is 8.78 Å². The largest absolute Gasteiger partial charge is 0.323 e. The Hall–Kier alpha value is -1.39. The molecule has 0 aromatic heterocycles. The van der Waals surface area contributed by atoms with E-state index < -0.39 is 11.6 Å². The van der Waals surface area contributed by atoms with Gasteiger partial charge in [0.1, 0.15) is 0 Å². The average Bonchev–Trinajstić information content (AvgIpc) is 2.72. The molecule has 2 unspecified atom stereocenters. The first kappa shape index (κ1) is 12.6. The third-order valence-corrected chi connectivity index (χ3v) is 4.70. The lowest BCUT2D eigenvalue weighted by Gasteiger charge is -2.15. The zero-order valence-electron chi connectivity index (χ0n) is 10.1. The monoisotopic (exact) mass is 277 g/mol. The highest BCUT2D eigenvalue weighted by Gasteiger charge is 2.30. The molecule has 0 spiro atoms. The predicted molar refractivity (Wildman–Crippen MR) is 73.1 cm³/mol. The average molecular weight is 277 g/mol. The first-order valence-corrected chi connectivity index (χ1v) is 6.98. The van der Waals surface area contributed by atoms with Gasteiger partial charge < -0.3 is 5.73 Å².